The molecular formula is C11H11ClN4O3. The highest BCUT2D eigenvalue weighted by Crippen LogP contribution is 2.27. The van der Waals surface area contributed by atoms with E-state index in [2.05, 4.69) is 15.5 Å². The minimum Gasteiger partial charge on any atom is -0.421 e. The van der Waals surface area contributed by atoms with Gasteiger partial charge < -0.3 is 9.73 Å². The number of hydrogen-bond acceptors (Lipinski definition) is 6. The van der Waals surface area contributed by atoms with Crippen LogP contribution in [0.3, 0.4) is 0 Å². The molecule has 100 valence electrons. The summed E-state index contributed by atoms with van der Waals surface area (Å²) in [5.74, 6) is 0.684. The molecule has 0 bridgehead atoms. The summed E-state index contributed by atoms with van der Waals surface area (Å²) < 4.78 is 5.42. The largest absolute Gasteiger partial charge is 0.421 e. The fourth-order valence-corrected chi connectivity index (χ4v) is 1.74. The molecule has 0 saturated carbocycles. The van der Waals surface area contributed by atoms with E-state index in [-0.39, 0.29) is 16.6 Å². The molecule has 2 aromatic rings. The van der Waals surface area contributed by atoms with Gasteiger partial charge in [0.25, 0.3) is 5.69 Å². The number of hydrogen-bond donors (Lipinski definition) is 1. The minimum absolute atomic E-state index is 0.113. The second kappa shape index (κ2) is 5.77. The van der Waals surface area contributed by atoms with E-state index >= 15 is 0 Å². The standard InChI is InChI=1S/C11H11ClN4O3/c1-13-3-2-10-14-15-11(19-10)7-4-8(12)6-9(5-7)16(17)18/h4-6,13H,2-3H2,1H3. The number of aromatic nitrogens is 2. The zero-order valence-electron chi connectivity index (χ0n) is 10.1. The van der Waals surface area contributed by atoms with E-state index in [1.807, 2.05) is 7.05 Å². The molecule has 0 unspecified atom stereocenters. The van der Waals surface area contributed by atoms with Crippen molar-refractivity contribution in [3.63, 3.8) is 0 Å². The minimum atomic E-state index is -0.520. The van der Waals surface area contributed by atoms with Crippen molar-refractivity contribution in [2.24, 2.45) is 0 Å². The van der Waals surface area contributed by atoms with Crippen molar-refractivity contribution < 1.29 is 9.34 Å². The maximum absolute atomic E-state index is 10.8. The summed E-state index contributed by atoms with van der Waals surface area (Å²) in [5, 5.41) is 21.7. The molecule has 19 heavy (non-hydrogen) atoms. The molecule has 2 rings (SSSR count). The lowest BCUT2D eigenvalue weighted by atomic mass is 10.2. The summed E-state index contributed by atoms with van der Waals surface area (Å²) >= 11 is 5.83. The van der Waals surface area contributed by atoms with Crippen LogP contribution in [0.15, 0.2) is 22.6 Å². The Bertz CT molecular complexity index is 599. The Balaban J connectivity index is 2.30. The van der Waals surface area contributed by atoms with Crippen LogP contribution < -0.4 is 5.32 Å². The Kier molecular flexibility index (Phi) is 4.08. The molecule has 0 radical (unpaired) electrons. The maximum Gasteiger partial charge on any atom is 0.271 e. The maximum atomic E-state index is 10.8. The molecule has 1 N–H and O–H groups in total. The molecule has 7 nitrogen and oxygen atoms in total. The molecule has 0 spiro atoms. The van der Waals surface area contributed by atoms with E-state index in [1.165, 1.54) is 12.1 Å². The van der Waals surface area contributed by atoms with Gasteiger partial charge in [-0.15, -0.1) is 10.2 Å². The smallest absolute Gasteiger partial charge is 0.271 e. The molecule has 0 aliphatic rings. The molecule has 0 fully saturated rings. The number of non-ortho nitro benzene ring substituents is 1. The first-order valence-corrected chi connectivity index (χ1v) is 5.90. The van der Waals surface area contributed by atoms with E-state index in [1.54, 1.807) is 6.07 Å². The Morgan fingerprint density at radius 3 is 2.89 bits per heavy atom. The van der Waals surface area contributed by atoms with Gasteiger partial charge in [0.05, 0.1) is 4.92 Å². The summed E-state index contributed by atoms with van der Waals surface area (Å²) in [4.78, 5) is 10.2. The second-order valence-electron chi connectivity index (χ2n) is 3.81. The molecule has 0 aliphatic heterocycles. The van der Waals surface area contributed by atoms with E-state index < -0.39 is 4.92 Å². The van der Waals surface area contributed by atoms with Crippen molar-refractivity contribution in [2.45, 2.75) is 6.42 Å². The van der Waals surface area contributed by atoms with E-state index in [9.17, 15) is 10.1 Å². The number of nitro groups is 1. The highest BCUT2D eigenvalue weighted by molar-refractivity contribution is 6.31. The predicted molar refractivity (Wildman–Crippen MR) is 69.0 cm³/mol. The van der Waals surface area contributed by atoms with Gasteiger partial charge in [0, 0.05) is 35.7 Å². The Hall–Kier alpha value is -1.99. The lowest BCUT2D eigenvalue weighted by molar-refractivity contribution is -0.384. The number of likely N-dealkylation sites (N-methyl/N-ethyl adjacent to an activating group) is 1. The Morgan fingerprint density at radius 1 is 1.42 bits per heavy atom. The average molecular weight is 283 g/mol. The number of nitrogens with one attached hydrogen (secondary N) is 1. The van der Waals surface area contributed by atoms with Crippen LogP contribution in [0.1, 0.15) is 5.89 Å². The van der Waals surface area contributed by atoms with Crippen molar-refractivity contribution in [2.75, 3.05) is 13.6 Å². The molecule has 8 heteroatoms. The predicted octanol–water partition coefficient (Wildman–Crippen LogP) is 2.06. The van der Waals surface area contributed by atoms with Crippen LogP contribution in [-0.2, 0) is 6.42 Å². The summed E-state index contributed by atoms with van der Waals surface area (Å²) in [6, 6.07) is 4.16. The summed E-state index contributed by atoms with van der Waals surface area (Å²) in [6.45, 7) is 0.706. The van der Waals surface area contributed by atoms with Crippen molar-refractivity contribution >= 4 is 17.3 Å². The molecule has 1 aromatic carbocycles. The zero-order valence-corrected chi connectivity index (χ0v) is 10.8. The van der Waals surface area contributed by atoms with Crippen LogP contribution in [0, 0.1) is 10.1 Å². The normalized spacial score (nSPS) is 10.6. The lowest BCUT2D eigenvalue weighted by Crippen LogP contribution is -2.10. The molecule has 0 aliphatic carbocycles. The van der Waals surface area contributed by atoms with Crippen molar-refractivity contribution in [1.29, 1.82) is 0 Å². The van der Waals surface area contributed by atoms with E-state index in [4.69, 9.17) is 16.0 Å². The first kappa shape index (κ1) is 13.4. The highest BCUT2D eigenvalue weighted by Gasteiger charge is 2.14. The van der Waals surface area contributed by atoms with Gasteiger partial charge in [-0.05, 0) is 13.1 Å². The fraction of sp³-hybridized carbons (Fsp3) is 0.273. The van der Waals surface area contributed by atoms with E-state index in [0.717, 1.165) is 0 Å². The first-order chi connectivity index (χ1) is 9.10. The summed E-state index contributed by atoms with van der Waals surface area (Å²) in [7, 11) is 1.82. The Morgan fingerprint density at radius 2 is 2.21 bits per heavy atom. The third-order valence-corrected chi connectivity index (χ3v) is 2.61. The molecular weight excluding hydrogens is 272 g/mol. The van der Waals surface area contributed by atoms with Crippen LogP contribution in [0.25, 0.3) is 11.5 Å². The quantitative estimate of drug-likeness (QED) is 0.666. The number of nitrogens with zero attached hydrogens (tertiary/aromatic N) is 3. The number of halogens is 1. The lowest BCUT2D eigenvalue weighted by Gasteiger charge is -1.97. The third kappa shape index (κ3) is 3.27. The van der Waals surface area contributed by atoms with Crippen LogP contribution in [-0.4, -0.2) is 28.7 Å². The van der Waals surface area contributed by atoms with E-state index in [0.29, 0.717) is 24.4 Å². The van der Waals surface area contributed by atoms with Gasteiger partial charge in [-0.1, -0.05) is 11.6 Å². The highest BCUT2D eigenvalue weighted by atomic mass is 35.5. The van der Waals surface area contributed by atoms with Gasteiger partial charge in [0.1, 0.15) is 0 Å². The van der Waals surface area contributed by atoms with Gasteiger partial charge >= 0.3 is 0 Å². The van der Waals surface area contributed by atoms with Crippen LogP contribution in [0.5, 0.6) is 0 Å². The third-order valence-electron chi connectivity index (χ3n) is 2.40. The SMILES string of the molecule is CNCCc1nnc(-c2cc(Cl)cc([N+](=O)[O-])c2)o1. The molecule has 0 amide bonds. The van der Waals surface area contributed by atoms with Crippen LogP contribution in [0.4, 0.5) is 5.69 Å². The molecule has 1 heterocycles. The molecule has 1 aromatic heterocycles. The van der Waals surface area contributed by atoms with Gasteiger partial charge in [-0.2, -0.15) is 0 Å². The van der Waals surface area contributed by atoms with Gasteiger partial charge in [0.15, 0.2) is 0 Å². The van der Waals surface area contributed by atoms with Crippen molar-refractivity contribution in [3.05, 3.63) is 39.2 Å². The fourth-order valence-electron chi connectivity index (χ4n) is 1.51. The van der Waals surface area contributed by atoms with Gasteiger partial charge in [-0.3, -0.25) is 10.1 Å². The van der Waals surface area contributed by atoms with Crippen LogP contribution in [0.2, 0.25) is 5.02 Å². The number of nitro benzene ring substituents is 1. The monoisotopic (exact) mass is 282 g/mol. The van der Waals surface area contributed by atoms with Gasteiger partial charge in [0.2, 0.25) is 11.8 Å². The summed E-state index contributed by atoms with van der Waals surface area (Å²) in [6.07, 6.45) is 0.589. The molecule has 0 saturated heterocycles. The Labute approximate surface area is 113 Å². The second-order valence-corrected chi connectivity index (χ2v) is 4.25. The zero-order chi connectivity index (χ0) is 13.8. The van der Waals surface area contributed by atoms with Crippen molar-refractivity contribution in [1.82, 2.24) is 15.5 Å². The van der Waals surface area contributed by atoms with Crippen molar-refractivity contribution in [3.8, 4) is 11.5 Å². The summed E-state index contributed by atoms with van der Waals surface area (Å²) in [5.41, 5.74) is 0.319. The first-order valence-electron chi connectivity index (χ1n) is 5.52. The molecule has 0 atom stereocenters. The topological polar surface area (TPSA) is 94.1 Å². The van der Waals surface area contributed by atoms with Gasteiger partial charge in [-0.25, -0.2) is 0 Å². The number of rotatable bonds is 5. The van der Waals surface area contributed by atoms with Crippen LogP contribution >= 0.6 is 11.6 Å². The number of benzene rings is 1. The average Bonchev–Trinajstić information content (AvgIpc) is 2.84.